The van der Waals surface area contributed by atoms with Crippen molar-refractivity contribution in [2.24, 2.45) is 12.0 Å². The third-order valence-corrected chi connectivity index (χ3v) is 5.70. The zero-order valence-electron chi connectivity index (χ0n) is 18.4. The minimum absolute atomic E-state index is 0.0595. The number of hydrogen-bond donors (Lipinski definition) is 1. The number of aryl methyl sites for hydroxylation is 1. The van der Waals surface area contributed by atoms with Gasteiger partial charge < -0.3 is 14.6 Å². The molecule has 2 aliphatic heterocycles. The van der Waals surface area contributed by atoms with E-state index in [1.165, 1.54) is 57.1 Å². The number of nitrogens with one attached hydrogen (secondary N) is 1. The highest BCUT2D eigenvalue weighted by molar-refractivity contribution is 5.98. The predicted molar refractivity (Wildman–Crippen MR) is 123 cm³/mol. The van der Waals surface area contributed by atoms with Gasteiger partial charge in [0, 0.05) is 25.6 Å². The van der Waals surface area contributed by atoms with Gasteiger partial charge >= 0.3 is 0 Å². The highest BCUT2D eigenvalue weighted by Gasteiger charge is 2.27. The van der Waals surface area contributed by atoms with E-state index in [4.69, 9.17) is 9.73 Å². The Morgan fingerprint density at radius 1 is 1.03 bits per heavy atom. The van der Waals surface area contributed by atoms with E-state index in [2.05, 4.69) is 60.4 Å². The smallest absolute Gasteiger partial charge is 0.120 e. The van der Waals surface area contributed by atoms with E-state index in [0.29, 0.717) is 6.61 Å². The second-order valence-corrected chi connectivity index (χ2v) is 8.05. The lowest BCUT2D eigenvalue weighted by Gasteiger charge is -2.13. The summed E-state index contributed by atoms with van der Waals surface area (Å²) < 4.78 is 8.10. The van der Waals surface area contributed by atoms with Crippen LogP contribution in [0.25, 0.3) is 5.70 Å². The van der Waals surface area contributed by atoms with Crippen LogP contribution in [0.2, 0.25) is 0 Å². The van der Waals surface area contributed by atoms with E-state index in [-0.39, 0.29) is 6.10 Å². The van der Waals surface area contributed by atoms with Crippen LogP contribution in [0.1, 0.15) is 77.3 Å². The number of aromatic nitrogens is 1. The minimum atomic E-state index is -0.0595. The van der Waals surface area contributed by atoms with Crippen LogP contribution in [0.3, 0.4) is 0 Å². The number of rotatable bonds is 12. The van der Waals surface area contributed by atoms with E-state index in [1.54, 1.807) is 0 Å². The summed E-state index contributed by atoms with van der Waals surface area (Å²) in [7, 11) is 2.06. The fourth-order valence-corrected chi connectivity index (χ4v) is 4.04. The van der Waals surface area contributed by atoms with Crippen molar-refractivity contribution in [3.05, 3.63) is 53.6 Å². The molecule has 4 nitrogen and oxygen atoms in total. The van der Waals surface area contributed by atoms with E-state index < -0.39 is 0 Å². The first kappa shape index (κ1) is 21.6. The number of aliphatic imine (C=N–C) groups is 1. The highest BCUT2D eigenvalue weighted by atomic mass is 16.5. The molecule has 0 saturated heterocycles. The molecule has 1 unspecified atom stereocenters. The van der Waals surface area contributed by atoms with Crippen molar-refractivity contribution in [1.29, 1.82) is 0 Å². The molecule has 0 spiro atoms. The molecule has 0 aromatic carbocycles. The van der Waals surface area contributed by atoms with Crippen LogP contribution in [0.5, 0.6) is 0 Å². The summed E-state index contributed by atoms with van der Waals surface area (Å²) in [4.78, 5) is 4.90. The summed E-state index contributed by atoms with van der Waals surface area (Å²) in [6.45, 7) is 4.99. The molecule has 2 aliphatic rings. The zero-order valence-corrected chi connectivity index (χ0v) is 18.4. The monoisotopic (exact) mass is 395 g/mol. The molecule has 0 fully saturated rings. The molecule has 0 amide bonds. The van der Waals surface area contributed by atoms with E-state index >= 15 is 0 Å². The van der Waals surface area contributed by atoms with Gasteiger partial charge in [-0.1, -0.05) is 51.9 Å². The molecule has 1 atom stereocenters. The maximum absolute atomic E-state index is 5.98. The average Bonchev–Trinajstić information content (AvgIpc) is 3.44. The topological polar surface area (TPSA) is 38.5 Å². The number of allylic oxidation sites excluding steroid dienone is 2. The van der Waals surface area contributed by atoms with Crippen molar-refractivity contribution >= 4 is 11.4 Å². The van der Waals surface area contributed by atoms with Gasteiger partial charge in [0.2, 0.25) is 0 Å². The average molecular weight is 396 g/mol. The van der Waals surface area contributed by atoms with Gasteiger partial charge in [-0.15, -0.1) is 0 Å². The molecule has 158 valence electrons. The molecule has 3 heterocycles. The molecule has 4 heteroatoms. The summed E-state index contributed by atoms with van der Waals surface area (Å²) in [6.07, 6.45) is 20.3. The molecule has 0 saturated carbocycles. The van der Waals surface area contributed by atoms with Gasteiger partial charge in [-0.2, -0.15) is 0 Å². The third kappa shape index (κ3) is 5.96. The number of nitrogens with zero attached hydrogens (tertiary/aromatic N) is 2. The predicted octanol–water partition coefficient (Wildman–Crippen LogP) is 6.13. The molecule has 0 radical (unpaired) electrons. The largest absolute Gasteiger partial charge is 0.368 e. The SMILES string of the molecule is CCCCCCCCCCC1=NC(=C2NC(c3cccn3C)=CC2OCC)C=C1. The van der Waals surface area contributed by atoms with Crippen molar-refractivity contribution in [3.8, 4) is 0 Å². The second-order valence-electron chi connectivity index (χ2n) is 8.05. The summed E-state index contributed by atoms with van der Waals surface area (Å²) in [6, 6.07) is 4.19. The maximum atomic E-state index is 5.98. The third-order valence-electron chi connectivity index (χ3n) is 5.70. The number of ether oxygens (including phenoxy) is 1. The summed E-state index contributed by atoms with van der Waals surface area (Å²) >= 11 is 0. The lowest BCUT2D eigenvalue weighted by Crippen LogP contribution is -2.18. The fraction of sp³-hybridized carbons (Fsp3) is 0.560. The molecular formula is C25H37N3O. The van der Waals surface area contributed by atoms with Gasteiger partial charge in [-0.05, 0) is 50.1 Å². The van der Waals surface area contributed by atoms with Gasteiger partial charge in [-0.25, -0.2) is 0 Å². The maximum Gasteiger partial charge on any atom is 0.120 e. The van der Waals surface area contributed by atoms with E-state index in [1.807, 2.05) is 6.92 Å². The summed E-state index contributed by atoms with van der Waals surface area (Å²) in [5.41, 5.74) is 5.53. The normalized spacial score (nSPS) is 20.9. The molecule has 1 N–H and O–H groups in total. The Balaban J connectivity index is 1.53. The first-order valence-electron chi connectivity index (χ1n) is 11.4. The van der Waals surface area contributed by atoms with Gasteiger partial charge in [0.25, 0.3) is 0 Å². The Labute approximate surface area is 176 Å². The van der Waals surface area contributed by atoms with Crippen molar-refractivity contribution in [2.45, 2.75) is 77.7 Å². The number of unbranched alkanes of at least 4 members (excludes halogenated alkanes) is 7. The van der Waals surface area contributed by atoms with Crippen LogP contribution in [0, 0.1) is 0 Å². The van der Waals surface area contributed by atoms with Crippen molar-refractivity contribution in [3.63, 3.8) is 0 Å². The van der Waals surface area contributed by atoms with E-state index in [9.17, 15) is 0 Å². The number of hydrogen-bond acceptors (Lipinski definition) is 3. The Kier molecular flexibility index (Phi) is 8.36. The quantitative estimate of drug-likeness (QED) is 0.433. The van der Waals surface area contributed by atoms with Crippen molar-refractivity contribution in [2.75, 3.05) is 6.61 Å². The van der Waals surface area contributed by atoms with Gasteiger partial charge in [0.15, 0.2) is 0 Å². The van der Waals surface area contributed by atoms with Gasteiger partial charge in [-0.3, -0.25) is 4.99 Å². The minimum Gasteiger partial charge on any atom is -0.368 e. The Bertz CT molecular complexity index is 782. The lowest BCUT2D eigenvalue weighted by atomic mass is 10.1. The molecule has 3 rings (SSSR count). The molecular weight excluding hydrogens is 358 g/mol. The molecule has 1 aromatic rings. The first-order valence-corrected chi connectivity index (χ1v) is 11.4. The first-order chi connectivity index (χ1) is 14.2. The highest BCUT2D eigenvalue weighted by Crippen LogP contribution is 2.29. The zero-order chi connectivity index (χ0) is 20.5. The van der Waals surface area contributed by atoms with Crippen LogP contribution in [0.15, 0.2) is 52.9 Å². The van der Waals surface area contributed by atoms with E-state index in [0.717, 1.165) is 29.2 Å². The fourth-order valence-electron chi connectivity index (χ4n) is 4.04. The Morgan fingerprint density at radius 2 is 1.79 bits per heavy atom. The summed E-state index contributed by atoms with van der Waals surface area (Å²) in [5.74, 6) is 0. The standard InChI is InChI=1S/C25H37N3O/c1-4-6-7-8-9-10-11-12-14-20-16-17-21(26-20)25-24(29-5-2)19-22(27-25)23-15-13-18-28(23)3/h13,15-19,24,27H,4-12,14H2,1-3H3. The van der Waals surface area contributed by atoms with Crippen LogP contribution < -0.4 is 5.32 Å². The van der Waals surface area contributed by atoms with Crippen LogP contribution in [-0.2, 0) is 11.8 Å². The molecule has 0 bridgehead atoms. The molecule has 1 aromatic heterocycles. The lowest BCUT2D eigenvalue weighted by molar-refractivity contribution is 0.121. The van der Waals surface area contributed by atoms with Gasteiger partial charge in [0.05, 0.1) is 22.8 Å². The Hall–Kier alpha value is -2.07. The van der Waals surface area contributed by atoms with Crippen LogP contribution >= 0.6 is 0 Å². The van der Waals surface area contributed by atoms with Crippen molar-refractivity contribution in [1.82, 2.24) is 9.88 Å². The van der Waals surface area contributed by atoms with Crippen LogP contribution in [0.4, 0.5) is 0 Å². The second kappa shape index (κ2) is 11.2. The molecule has 29 heavy (non-hydrogen) atoms. The van der Waals surface area contributed by atoms with Crippen LogP contribution in [-0.4, -0.2) is 23.0 Å². The molecule has 0 aliphatic carbocycles. The summed E-state index contributed by atoms with van der Waals surface area (Å²) in [5, 5.41) is 3.57. The van der Waals surface area contributed by atoms with Crippen molar-refractivity contribution < 1.29 is 4.74 Å². The van der Waals surface area contributed by atoms with Gasteiger partial charge in [0.1, 0.15) is 6.10 Å². The Morgan fingerprint density at radius 3 is 2.48 bits per heavy atom.